The second kappa shape index (κ2) is 3.60. The summed E-state index contributed by atoms with van der Waals surface area (Å²) in [6.07, 6.45) is 0.925. The van der Waals surface area contributed by atoms with Gasteiger partial charge in [0.15, 0.2) is 0 Å². The zero-order chi connectivity index (χ0) is 8.27. The average Bonchev–Trinajstić information content (AvgIpc) is 2.05. The standard InChI is InChI=1S/C8H11ClN2/c1-2-6-5-7(11-10)3-4-8(6)9/h3-5,11H,2,10H2,1H3. The van der Waals surface area contributed by atoms with Gasteiger partial charge in [-0.1, -0.05) is 18.5 Å². The number of nitrogen functional groups attached to an aromatic ring is 1. The molecule has 0 spiro atoms. The second-order valence-electron chi connectivity index (χ2n) is 2.30. The van der Waals surface area contributed by atoms with Crippen LogP contribution in [-0.2, 0) is 6.42 Å². The minimum Gasteiger partial charge on any atom is -0.324 e. The molecule has 0 aliphatic heterocycles. The van der Waals surface area contributed by atoms with Gasteiger partial charge in [-0.05, 0) is 30.2 Å². The Balaban J connectivity index is 3.02. The Hall–Kier alpha value is -0.730. The molecular weight excluding hydrogens is 160 g/mol. The summed E-state index contributed by atoms with van der Waals surface area (Å²) >= 11 is 5.88. The van der Waals surface area contributed by atoms with Crippen LogP contribution in [0.5, 0.6) is 0 Å². The van der Waals surface area contributed by atoms with Crippen LogP contribution in [0.15, 0.2) is 18.2 Å². The van der Waals surface area contributed by atoms with E-state index in [-0.39, 0.29) is 0 Å². The third-order valence-corrected chi connectivity index (χ3v) is 1.96. The molecule has 0 radical (unpaired) electrons. The predicted molar refractivity (Wildman–Crippen MR) is 48.6 cm³/mol. The van der Waals surface area contributed by atoms with Gasteiger partial charge in [-0.15, -0.1) is 0 Å². The number of rotatable bonds is 2. The number of nitrogens with two attached hydrogens (primary N) is 1. The van der Waals surface area contributed by atoms with Crippen molar-refractivity contribution in [3.8, 4) is 0 Å². The lowest BCUT2D eigenvalue weighted by molar-refractivity contribution is 1.14. The fraction of sp³-hybridized carbons (Fsp3) is 0.250. The fourth-order valence-corrected chi connectivity index (χ4v) is 1.19. The number of nitrogens with one attached hydrogen (secondary N) is 1. The highest BCUT2D eigenvalue weighted by Gasteiger charge is 1.97. The summed E-state index contributed by atoms with van der Waals surface area (Å²) < 4.78 is 0. The Morgan fingerprint density at radius 1 is 1.55 bits per heavy atom. The molecule has 1 aromatic rings. The van der Waals surface area contributed by atoms with Gasteiger partial charge in [-0.3, -0.25) is 5.84 Å². The summed E-state index contributed by atoms with van der Waals surface area (Å²) in [5.74, 6) is 5.23. The second-order valence-corrected chi connectivity index (χ2v) is 2.71. The van der Waals surface area contributed by atoms with E-state index in [1.807, 2.05) is 18.2 Å². The maximum absolute atomic E-state index is 5.88. The van der Waals surface area contributed by atoms with Crippen molar-refractivity contribution in [3.63, 3.8) is 0 Å². The van der Waals surface area contributed by atoms with Gasteiger partial charge in [-0.25, -0.2) is 0 Å². The maximum Gasteiger partial charge on any atom is 0.0488 e. The highest BCUT2D eigenvalue weighted by atomic mass is 35.5. The van der Waals surface area contributed by atoms with Crippen LogP contribution in [0, 0.1) is 0 Å². The molecule has 0 saturated heterocycles. The Labute approximate surface area is 71.3 Å². The lowest BCUT2D eigenvalue weighted by atomic mass is 10.1. The Bertz CT molecular complexity index is 248. The van der Waals surface area contributed by atoms with E-state index >= 15 is 0 Å². The van der Waals surface area contributed by atoms with Crippen LogP contribution in [0.25, 0.3) is 0 Å². The fourth-order valence-electron chi connectivity index (χ4n) is 0.935. The smallest absolute Gasteiger partial charge is 0.0488 e. The van der Waals surface area contributed by atoms with Gasteiger partial charge in [0, 0.05) is 10.7 Å². The third kappa shape index (κ3) is 1.85. The van der Waals surface area contributed by atoms with Crippen LogP contribution in [0.2, 0.25) is 5.02 Å². The highest BCUT2D eigenvalue weighted by molar-refractivity contribution is 6.31. The van der Waals surface area contributed by atoms with Gasteiger partial charge in [0.05, 0.1) is 0 Å². The van der Waals surface area contributed by atoms with Crippen LogP contribution < -0.4 is 11.3 Å². The van der Waals surface area contributed by atoms with E-state index in [1.54, 1.807) is 0 Å². The van der Waals surface area contributed by atoms with E-state index in [9.17, 15) is 0 Å². The molecule has 2 nitrogen and oxygen atoms in total. The molecule has 1 aromatic carbocycles. The van der Waals surface area contributed by atoms with Crippen LogP contribution in [0.4, 0.5) is 5.69 Å². The van der Waals surface area contributed by atoms with Crippen LogP contribution >= 0.6 is 11.6 Å². The van der Waals surface area contributed by atoms with Gasteiger partial charge in [0.1, 0.15) is 0 Å². The molecule has 60 valence electrons. The topological polar surface area (TPSA) is 38.0 Å². The van der Waals surface area contributed by atoms with Crippen LogP contribution in [0.1, 0.15) is 12.5 Å². The molecule has 0 amide bonds. The summed E-state index contributed by atoms with van der Waals surface area (Å²) in [6, 6.07) is 5.64. The molecule has 11 heavy (non-hydrogen) atoms. The first-order valence-corrected chi connectivity index (χ1v) is 3.90. The van der Waals surface area contributed by atoms with Gasteiger partial charge in [0.25, 0.3) is 0 Å². The van der Waals surface area contributed by atoms with Gasteiger partial charge >= 0.3 is 0 Å². The van der Waals surface area contributed by atoms with E-state index in [1.165, 1.54) is 0 Å². The summed E-state index contributed by atoms with van der Waals surface area (Å²) in [5, 5.41) is 0.798. The molecular formula is C8H11ClN2. The average molecular weight is 171 g/mol. The van der Waals surface area contributed by atoms with Crippen molar-refractivity contribution >= 4 is 17.3 Å². The molecule has 0 saturated carbocycles. The molecule has 0 atom stereocenters. The molecule has 0 unspecified atom stereocenters. The van der Waals surface area contributed by atoms with Crippen molar-refractivity contribution in [2.75, 3.05) is 5.43 Å². The van der Waals surface area contributed by atoms with Crippen LogP contribution in [-0.4, -0.2) is 0 Å². The normalized spacial score (nSPS) is 9.73. The van der Waals surface area contributed by atoms with E-state index < -0.39 is 0 Å². The van der Waals surface area contributed by atoms with Crippen molar-refractivity contribution in [1.29, 1.82) is 0 Å². The molecule has 0 aromatic heterocycles. The lowest BCUT2D eigenvalue weighted by Gasteiger charge is -2.03. The Kier molecular flexibility index (Phi) is 2.74. The van der Waals surface area contributed by atoms with Crippen molar-refractivity contribution in [2.24, 2.45) is 5.84 Å². The number of hydrogen-bond acceptors (Lipinski definition) is 2. The van der Waals surface area contributed by atoms with Gasteiger partial charge < -0.3 is 5.43 Å². The predicted octanol–water partition coefficient (Wildman–Crippen LogP) is 2.19. The Morgan fingerprint density at radius 2 is 2.27 bits per heavy atom. The number of hydrazine groups is 1. The summed E-state index contributed by atoms with van der Waals surface area (Å²) in [6.45, 7) is 2.06. The lowest BCUT2D eigenvalue weighted by Crippen LogP contribution is -2.06. The number of aryl methyl sites for hydroxylation is 1. The van der Waals surface area contributed by atoms with Crippen molar-refractivity contribution < 1.29 is 0 Å². The van der Waals surface area contributed by atoms with Gasteiger partial charge in [0.2, 0.25) is 0 Å². The first kappa shape index (κ1) is 8.37. The van der Waals surface area contributed by atoms with Crippen LogP contribution in [0.3, 0.4) is 0 Å². The molecule has 0 fully saturated rings. The van der Waals surface area contributed by atoms with E-state index in [2.05, 4.69) is 12.3 Å². The van der Waals surface area contributed by atoms with Crippen molar-refractivity contribution in [1.82, 2.24) is 0 Å². The van der Waals surface area contributed by atoms with Gasteiger partial charge in [-0.2, -0.15) is 0 Å². The molecule has 0 aliphatic carbocycles. The van der Waals surface area contributed by atoms with E-state index in [0.717, 1.165) is 22.7 Å². The minimum absolute atomic E-state index is 0.798. The first-order valence-electron chi connectivity index (χ1n) is 3.53. The molecule has 0 bridgehead atoms. The molecule has 0 heterocycles. The SMILES string of the molecule is CCc1cc(NN)ccc1Cl. The highest BCUT2D eigenvalue weighted by Crippen LogP contribution is 2.19. The zero-order valence-corrected chi connectivity index (χ0v) is 7.15. The van der Waals surface area contributed by atoms with Crippen molar-refractivity contribution in [2.45, 2.75) is 13.3 Å². The molecule has 3 N–H and O–H groups in total. The third-order valence-electron chi connectivity index (χ3n) is 1.59. The number of anilines is 1. The minimum atomic E-state index is 0.798. The zero-order valence-electron chi connectivity index (χ0n) is 6.39. The van der Waals surface area contributed by atoms with E-state index in [4.69, 9.17) is 17.4 Å². The van der Waals surface area contributed by atoms with Crippen molar-refractivity contribution in [3.05, 3.63) is 28.8 Å². The molecule has 0 aliphatic rings. The maximum atomic E-state index is 5.88. The summed E-state index contributed by atoms with van der Waals surface area (Å²) in [7, 11) is 0. The number of halogens is 1. The summed E-state index contributed by atoms with van der Waals surface area (Å²) in [4.78, 5) is 0. The first-order chi connectivity index (χ1) is 5.27. The number of hydrogen-bond donors (Lipinski definition) is 2. The summed E-state index contributed by atoms with van der Waals surface area (Å²) in [5.41, 5.74) is 4.58. The molecule has 3 heteroatoms. The largest absolute Gasteiger partial charge is 0.324 e. The molecule has 1 rings (SSSR count). The monoisotopic (exact) mass is 170 g/mol. The Morgan fingerprint density at radius 3 is 2.82 bits per heavy atom. The number of benzene rings is 1. The quantitative estimate of drug-likeness (QED) is 0.528. The van der Waals surface area contributed by atoms with E-state index in [0.29, 0.717) is 0 Å².